The summed E-state index contributed by atoms with van der Waals surface area (Å²) in [4.78, 5) is 17.6. The molecule has 6 nitrogen and oxygen atoms in total. The van der Waals surface area contributed by atoms with Crippen LogP contribution in [0.2, 0.25) is 0 Å². The smallest absolute Gasteiger partial charge is 0.251 e. The molecule has 0 radical (unpaired) electrons. The van der Waals surface area contributed by atoms with Crippen molar-refractivity contribution in [2.24, 2.45) is 0 Å². The number of morpholine rings is 1. The molecule has 0 spiro atoms. The number of nitrogens with one attached hydrogen (secondary N) is 1. The van der Waals surface area contributed by atoms with Crippen molar-refractivity contribution in [3.8, 4) is 5.75 Å². The first kappa shape index (κ1) is 21.7. The van der Waals surface area contributed by atoms with Crippen LogP contribution in [0.4, 0.5) is 5.69 Å². The van der Waals surface area contributed by atoms with Crippen LogP contribution in [-0.2, 0) is 11.2 Å². The number of carbonyl (C=O) groups is 1. The molecule has 1 saturated heterocycles. The Balaban J connectivity index is 1.50. The average Bonchev–Trinajstić information content (AvgIpc) is 2.80. The standard InChI is InChI=1S/C25H33N3O3/c1-3-31-22-9-6-19(7-10-22)25(29)26-18-24(28-13-15-30-16-14-28)21-8-11-23-20(17-21)5-4-12-27(23)2/h6-11,17,24H,3-5,12-16,18H2,1-2H3,(H,26,29). The Labute approximate surface area is 185 Å². The van der Waals surface area contributed by atoms with Gasteiger partial charge in [0, 0.05) is 44.5 Å². The van der Waals surface area contributed by atoms with E-state index in [1.165, 1.54) is 23.2 Å². The van der Waals surface area contributed by atoms with E-state index < -0.39 is 0 Å². The first-order valence-electron chi connectivity index (χ1n) is 11.3. The van der Waals surface area contributed by atoms with E-state index in [1.54, 1.807) is 0 Å². The van der Waals surface area contributed by atoms with Crippen molar-refractivity contribution in [1.29, 1.82) is 0 Å². The summed E-state index contributed by atoms with van der Waals surface area (Å²) in [5.74, 6) is 0.725. The Morgan fingerprint density at radius 1 is 1.13 bits per heavy atom. The number of aryl methyl sites for hydroxylation is 1. The molecule has 0 aliphatic carbocycles. The zero-order valence-corrected chi connectivity index (χ0v) is 18.6. The molecule has 1 atom stereocenters. The van der Waals surface area contributed by atoms with Gasteiger partial charge >= 0.3 is 0 Å². The third-order valence-corrected chi connectivity index (χ3v) is 6.21. The summed E-state index contributed by atoms with van der Waals surface area (Å²) < 4.78 is 11.0. The highest BCUT2D eigenvalue weighted by atomic mass is 16.5. The number of hydrogen-bond donors (Lipinski definition) is 1. The fourth-order valence-electron chi connectivity index (χ4n) is 4.52. The first-order chi connectivity index (χ1) is 15.2. The van der Waals surface area contributed by atoms with E-state index in [1.807, 2.05) is 31.2 Å². The zero-order chi connectivity index (χ0) is 21.6. The molecule has 1 unspecified atom stereocenters. The summed E-state index contributed by atoms with van der Waals surface area (Å²) >= 11 is 0. The predicted octanol–water partition coefficient (Wildman–Crippen LogP) is 3.27. The van der Waals surface area contributed by atoms with E-state index in [0.29, 0.717) is 18.7 Å². The van der Waals surface area contributed by atoms with Crippen molar-refractivity contribution in [2.45, 2.75) is 25.8 Å². The number of fused-ring (bicyclic) bond motifs is 1. The molecule has 0 bridgehead atoms. The molecule has 2 heterocycles. The number of benzene rings is 2. The number of amides is 1. The average molecular weight is 424 g/mol. The molecule has 2 aliphatic rings. The van der Waals surface area contributed by atoms with Gasteiger partial charge in [0.15, 0.2) is 0 Å². The van der Waals surface area contributed by atoms with Gasteiger partial charge in [0.25, 0.3) is 5.91 Å². The molecule has 1 fully saturated rings. The Morgan fingerprint density at radius 3 is 2.65 bits per heavy atom. The van der Waals surface area contributed by atoms with Crippen LogP contribution < -0.4 is 15.0 Å². The Hall–Kier alpha value is -2.57. The van der Waals surface area contributed by atoms with Crippen molar-refractivity contribution in [2.75, 3.05) is 57.9 Å². The fourth-order valence-corrected chi connectivity index (χ4v) is 4.52. The second-order valence-corrected chi connectivity index (χ2v) is 8.24. The maximum absolute atomic E-state index is 12.8. The normalized spacial score (nSPS) is 17.7. The van der Waals surface area contributed by atoms with Gasteiger partial charge in [0.1, 0.15) is 5.75 Å². The molecule has 0 saturated carbocycles. The van der Waals surface area contributed by atoms with Gasteiger partial charge in [-0.1, -0.05) is 12.1 Å². The molecule has 1 N–H and O–H groups in total. The fraction of sp³-hybridized carbons (Fsp3) is 0.480. The Kier molecular flexibility index (Phi) is 7.10. The van der Waals surface area contributed by atoms with Crippen LogP contribution in [-0.4, -0.2) is 63.9 Å². The number of rotatable bonds is 7. The van der Waals surface area contributed by atoms with Crippen LogP contribution in [0.1, 0.15) is 40.9 Å². The number of carbonyl (C=O) groups excluding carboxylic acids is 1. The Bertz CT molecular complexity index is 878. The molecule has 2 aromatic rings. The third-order valence-electron chi connectivity index (χ3n) is 6.21. The summed E-state index contributed by atoms with van der Waals surface area (Å²) in [7, 11) is 2.16. The molecule has 31 heavy (non-hydrogen) atoms. The van der Waals surface area contributed by atoms with Gasteiger partial charge in [-0.05, 0) is 61.2 Å². The zero-order valence-electron chi connectivity index (χ0n) is 18.6. The van der Waals surface area contributed by atoms with Crippen molar-refractivity contribution in [3.63, 3.8) is 0 Å². The maximum Gasteiger partial charge on any atom is 0.251 e. The topological polar surface area (TPSA) is 54.0 Å². The van der Waals surface area contributed by atoms with E-state index >= 15 is 0 Å². The summed E-state index contributed by atoms with van der Waals surface area (Å²) in [5, 5.41) is 3.16. The molecular weight excluding hydrogens is 390 g/mol. The second-order valence-electron chi connectivity index (χ2n) is 8.24. The van der Waals surface area contributed by atoms with Crippen molar-refractivity contribution >= 4 is 11.6 Å². The Morgan fingerprint density at radius 2 is 1.90 bits per heavy atom. The highest BCUT2D eigenvalue weighted by Crippen LogP contribution is 2.31. The number of anilines is 1. The molecular formula is C25H33N3O3. The van der Waals surface area contributed by atoms with Crippen LogP contribution in [0.3, 0.4) is 0 Å². The van der Waals surface area contributed by atoms with Gasteiger partial charge in [-0.2, -0.15) is 0 Å². The monoisotopic (exact) mass is 423 g/mol. The highest BCUT2D eigenvalue weighted by Gasteiger charge is 2.25. The SMILES string of the molecule is CCOc1ccc(C(=O)NCC(c2ccc3c(c2)CCCN3C)N2CCOCC2)cc1. The highest BCUT2D eigenvalue weighted by molar-refractivity contribution is 5.94. The summed E-state index contributed by atoms with van der Waals surface area (Å²) in [5.41, 5.74) is 4.65. The van der Waals surface area contributed by atoms with Crippen LogP contribution in [0.15, 0.2) is 42.5 Å². The van der Waals surface area contributed by atoms with Crippen LogP contribution in [0.25, 0.3) is 0 Å². The van der Waals surface area contributed by atoms with Crippen LogP contribution >= 0.6 is 0 Å². The van der Waals surface area contributed by atoms with E-state index in [4.69, 9.17) is 9.47 Å². The first-order valence-corrected chi connectivity index (χ1v) is 11.3. The predicted molar refractivity (Wildman–Crippen MR) is 123 cm³/mol. The van der Waals surface area contributed by atoms with Gasteiger partial charge in [-0.25, -0.2) is 0 Å². The lowest BCUT2D eigenvalue weighted by Gasteiger charge is -2.36. The minimum absolute atomic E-state index is 0.0565. The largest absolute Gasteiger partial charge is 0.494 e. The van der Waals surface area contributed by atoms with Crippen LogP contribution in [0.5, 0.6) is 5.75 Å². The number of hydrogen-bond acceptors (Lipinski definition) is 5. The van der Waals surface area contributed by atoms with Crippen LogP contribution in [0, 0.1) is 0 Å². The molecule has 166 valence electrons. The van der Waals surface area contributed by atoms with Gasteiger partial charge < -0.3 is 19.7 Å². The lowest BCUT2D eigenvalue weighted by Crippen LogP contribution is -2.44. The lowest BCUT2D eigenvalue weighted by molar-refractivity contribution is 0.0162. The van der Waals surface area contributed by atoms with Crippen molar-refractivity contribution in [3.05, 3.63) is 59.2 Å². The molecule has 2 aliphatic heterocycles. The summed E-state index contributed by atoms with van der Waals surface area (Å²) in [6.07, 6.45) is 2.30. The van der Waals surface area contributed by atoms with Gasteiger partial charge in [-0.3, -0.25) is 9.69 Å². The van der Waals surface area contributed by atoms with Crippen molar-refractivity contribution < 1.29 is 14.3 Å². The van der Waals surface area contributed by atoms with E-state index in [9.17, 15) is 4.79 Å². The minimum Gasteiger partial charge on any atom is -0.494 e. The molecule has 0 aromatic heterocycles. The maximum atomic E-state index is 12.8. The van der Waals surface area contributed by atoms with Crippen molar-refractivity contribution in [1.82, 2.24) is 10.2 Å². The molecule has 1 amide bonds. The minimum atomic E-state index is -0.0565. The van der Waals surface area contributed by atoms with Gasteiger partial charge in [-0.15, -0.1) is 0 Å². The van der Waals surface area contributed by atoms with Gasteiger partial charge in [0.05, 0.1) is 25.9 Å². The third kappa shape index (κ3) is 5.20. The quantitative estimate of drug-likeness (QED) is 0.741. The van der Waals surface area contributed by atoms with Gasteiger partial charge in [0.2, 0.25) is 0 Å². The molecule has 4 rings (SSSR count). The van der Waals surface area contributed by atoms with E-state index in [2.05, 4.69) is 40.4 Å². The summed E-state index contributed by atoms with van der Waals surface area (Å²) in [6.45, 7) is 7.46. The number of nitrogens with zero attached hydrogens (tertiary/aromatic N) is 2. The number of ether oxygens (including phenoxy) is 2. The summed E-state index contributed by atoms with van der Waals surface area (Å²) in [6, 6.07) is 14.3. The van der Waals surface area contributed by atoms with E-state index in [0.717, 1.165) is 45.0 Å². The molecule has 6 heteroatoms. The van der Waals surface area contributed by atoms with E-state index in [-0.39, 0.29) is 11.9 Å². The second kappa shape index (κ2) is 10.2. The molecule has 2 aromatic carbocycles. The lowest BCUT2D eigenvalue weighted by atomic mass is 9.95.